The number of hydrogen-bond donors (Lipinski definition) is 1. The van der Waals surface area contributed by atoms with Crippen molar-refractivity contribution in [2.45, 2.75) is 6.92 Å². The molecular formula is C10H10BrN5. The van der Waals surface area contributed by atoms with Gasteiger partial charge in [-0.3, -0.25) is 0 Å². The van der Waals surface area contributed by atoms with Gasteiger partial charge in [0.2, 0.25) is 0 Å². The summed E-state index contributed by atoms with van der Waals surface area (Å²) in [4.78, 5) is 16.7. The zero-order valence-electron chi connectivity index (χ0n) is 8.90. The number of aromatic nitrogens is 4. The molecule has 16 heavy (non-hydrogen) atoms. The standard InChI is InChI=1S/C10H10BrN5/c1-6-8(11)10(12-2)16-9(15-6)7-3-4-13-5-14-7/h3-5H,1-2H3,(H,12,15,16). The summed E-state index contributed by atoms with van der Waals surface area (Å²) in [6.07, 6.45) is 3.15. The number of nitrogens with zero attached hydrogens (tertiary/aromatic N) is 4. The van der Waals surface area contributed by atoms with E-state index < -0.39 is 0 Å². The maximum absolute atomic E-state index is 4.36. The van der Waals surface area contributed by atoms with Crippen LogP contribution in [0.25, 0.3) is 11.5 Å². The van der Waals surface area contributed by atoms with Crippen LogP contribution < -0.4 is 5.32 Å². The second kappa shape index (κ2) is 4.52. The Labute approximate surface area is 102 Å². The first-order chi connectivity index (χ1) is 7.72. The summed E-state index contributed by atoms with van der Waals surface area (Å²) in [6.45, 7) is 1.91. The van der Waals surface area contributed by atoms with E-state index in [9.17, 15) is 0 Å². The number of nitrogens with one attached hydrogen (secondary N) is 1. The van der Waals surface area contributed by atoms with Gasteiger partial charge in [0.15, 0.2) is 5.82 Å². The highest BCUT2D eigenvalue weighted by atomic mass is 79.9. The van der Waals surface area contributed by atoms with E-state index in [4.69, 9.17) is 0 Å². The van der Waals surface area contributed by atoms with Gasteiger partial charge in [-0.05, 0) is 28.9 Å². The molecule has 0 aliphatic rings. The molecule has 0 amide bonds. The molecule has 0 atom stereocenters. The Morgan fingerprint density at radius 3 is 2.75 bits per heavy atom. The minimum atomic E-state index is 0.590. The van der Waals surface area contributed by atoms with Gasteiger partial charge in [0.05, 0.1) is 10.2 Å². The Hall–Kier alpha value is -1.56. The van der Waals surface area contributed by atoms with Crippen LogP contribution in [0.2, 0.25) is 0 Å². The zero-order valence-corrected chi connectivity index (χ0v) is 10.5. The van der Waals surface area contributed by atoms with Gasteiger partial charge in [-0.15, -0.1) is 0 Å². The van der Waals surface area contributed by atoms with Crippen molar-refractivity contribution in [1.29, 1.82) is 0 Å². The molecule has 0 aromatic carbocycles. The summed E-state index contributed by atoms with van der Waals surface area (Å²) in [5, 5.41) is 3.00. The van der Waals surface area contributed by atoms with E-state index in [0.29, 0.717) is 11.5 Å². The molecule has 0 fully saturated rings. The van der Waals surface area contributed by atoms with Crippen LogP contribution in [0.1, 0.15) is 5.69 Å². The predicted octanol–water partition coefficient (Wildman–Crippen LogP) is 2.05. The Morgan fingerprint density at radius 1 is 1.31 bits per heavy atom. The second-order valence-electron chi connectivity index (χ2n) is 3.14. The van der Waals surface area contributed by atoms with Crippen LogP contribution >= 0.6 is 15.9 Å². The third kappa shape index (κ3) is 2.01. The normalized spacial score (nSPS) is 10.2. The number of hydrogen-bond acceptors (Lipinski definition) is 5. The minimum Gasteiger partial charge on any atom is -0.372 e. The molecule has 0 spiro atoms. The molecule has 0 bridgehead atoms. The van der Waals surface area contributed by atoms with Crippen molar-refractivity contribution in [3.8, 4) is 11.5 Å². The maximum Gasteiger partial charge on any atom is 0.180 e. The number of rotatable bonds is 2. The summed E-state index contributed by atoms with van der Waals surface area (Å²) in [5.41, 5.74) is 1.58. The van der Waals surface area contributed by atoms with E-state index in [1.54, 1.807) is 12.3 Å². The molecule has 0 saturated heterocycles. The first kappa shape index (κ1) is 10.9. The first-order valence-electron chi connectivity index (χ1n) is 4.70. The average molecular weight is 280 g/mol. The van der Waals surface area contributed by atoms with Crippen LogP contribution in [0.3, 0.4) is 0 Å². The molecule has 0 aliphatic carbocycles. The number of anilines is 1. The fourth-order valence-corrected chi connectivity index (χ4v) is 1.64. The van der Waals surface area contributed by atoms with Gasteiger partial charge in [-0.2, -0.15) is 0 Å². The Bertz CT molecular complexity index is 500. The fourth-order valence-electron chi connectivity index (χ4n) is 1.26. The van der Waals surface area contributed by atoms with Crippen LogP contribution in [-0.2, 0) is 0 Å². The molecule has 2 aromatic heterocycles. The molecule has 2 heterocycles. The van der Waals surface area contributed by atoms with E-state index >= 15 is 0 Å². The highest BCUT2D eigenvalue weighted by Gasteiger charge is 2.10. The Kier molecular flexibility index (Phi) is 3.09. The van der Waals surface area contributed by atoms with Gasteiger partial charge in [-0.25, -0.2) is 19.9 Å². The monoisotopic (exact) mass is 279 g/mol. The first-order valence-corrected chi connectivity index (χ1v) is 5.50. The highest BCUT2D eigenvalue weighted by molar-refractivity contribution is 9.10. The van der Waals surface area contributed by atoms with Crippen molar-refractivity contribution in [3.05, 3.63) is 28.8 Å². The Balaban J connectivity index is 2.55. The molecule has 82 valence electrons. The molecule has 2 rings (SSSR count). The zero-order chi connectivity index (χ0) is 11.5. The number of halogens is 1. The van der Waals surface area contributed by atoms with Crippen molar-refractivity contribution in [1.82, 2.24) is 19.9 Å². The van der Waals surface area contributed by atoms with E-state index in [2.05, 4.69) is 41.2 Å². The molecule has 0 unspecified atom stereocenters. The topological polar surface area (TPSA) is 63.6 Å². The van der Waals surface area contributed by atoms with Gasteiger partial charge in [0.1, 0.15) is 17.8 Å². The van der Waals surface area contributed by atoms with Crippen LogP contribution in [0.5, 0.6) is 0 Å². The highest BCUT2D eigenvalue weighted by Crippen LogP contribution is 2.25. The van der Waals surface area contributed by atoms with E-state index in [1.165, 1.54) is 6.33 Å². The van der Waals surface area contributed by atoms with Crippen molar-refractivity contribution in [3.63, 3.8) is 0 Å². The second-order valence-corrected chi connectivity index (χ2v) is 3.93. The predicted molar refractivity (Wildman–Crippen MR) is 65.0 cm³/mol. The minimum absolute atomic E-state index is 0.590. The van der Waals surface area contributed by atoms with Gasteiger partial charge in [0, 0.05) is 13.2 Å². The molecule has 0 saturated carbocycles. The summed E-state index contributed by atoms with van der Waals surface area (Å²) in [6, 6.07) is 1.78. The van der Waals surface area contributed by atoms with Crippen LogP contribution in [0.4, 0.5) is 5.82 Å². The van der Waals surface area contributed by atoms with Gasteiger partial charge >= 0.3 is 0 Å². The summed E-state index contributed by atoms with van der Waals surface area (Å²) >= 11 is 3.43. The summed E-state index contributed by atoms with van der Waals surface area (Å²) in [7, 11) is 1.82. The lowest BCUT2D eigenvalue weighted by atomic mass is 10.3. The smallest absolute Gasteiger partial charge is 0.180 e. The fraction of sp³-hybridized carbons (Fsp3) is 0.200. The molecule has 2 aromatic rings. The molecule has 0 radical (unpaired) electrons. The van der Waals surface area contributed by atoms with E-state index in [1.807, 2.05) is 14.0 Å². The lowest BCUT2D eigenvalue weighted by Crippen LogP contribution is -2.01. The van der Waals surface area contributed by atoms with Crippen LogP contribution in [0, 0.1) is 6.92 Å². The van der Waals surface area contributed by atoms with Crippen LogP contribution in [0.15, 0.2) is 23.1 Å². The summed E-state index contributed by atoms with van der Waals surface area (Å²) in [5.74, 6) is 1.34. The molecule has 5 nitrogen and oxygen atoms in total. The van der Waals surface area contributed by atoms with Crippen LogP contribution in [-0.4, -0.2) is 27.0 Å². The Morgan fingerprint density at radius 2 is 2.12 bits per heavy atom. The number of aryl methyl sites for hydroxylation is 1. The maximum atomic E-state index is 4.36. The van der Waals surface area contributed by atoms with E-state index in [-0.39, 0.29) is 0 Å². The third-order valence-corrected chi connectivity index (χ3v) is 3.01. The summed E-state index contributed by atoms with van der Waals surface area (Å²) < 4.78 is 0.868. The molecular weight excluding hydrogens is 270 g/mol. The third-order valence-electron chi connectivity index (χ3n) is 2.06. The van der Waals surface area contributed by atoms with Gasteiger partial charge < -0.3 is 5.32 Å². The van der Waals surface area contributed by atoms with Gasteiger partial charge in [0.25, 0.3) is 0 Å². The largest absolute Gasteiger partial charge is 0.372 e. The van der Waals surface area contributed by atoms with Crippen molar-refractivity contribution in [2.75, 3.05) is 12.4 Å². The van der Waals surface area contributed by atoms with E-state index in [0.717, 1.165) is 16.0 Å². The average Bonchev–Trinajstić information content (AvgIpc) is 2.33. The lowest BCUT2D eigenvalue weighted by Gasteiger charge is -2.07. The molecule has 0 aliphatic heterocycles. The van der Waals surface area contributed by atoms with Gasteiger partial charge in [-0.1, -0.05) is 0 Å². The quantitative estimate of drug-likeness (QED) is 0.912. The SMILES string of the molecule is CNc1nc(-c2ccncn2)nc(C)c1Br. The van der Waals surface area contributed by atoms with Crippen molar-refractivity contribution < 1.29 is 0 Å². The van der Waals surface area contributed by atoms with Crippen molar-refractivity contribution in [2.24, 2.45) is 0 Å². The molecule has 6 heteroatoms. The molecule has 1 N–H and O–H groups in total. The van der Waals surface area contributed by atoms with Crippen molar-refractivity contribution >= 4 is 21.7 Å². The lowest BCUT2D eigenvalue weighted by molar-refractivity contribution is 1.06.